The summed E-state index contributed by atoms with van der Waals surface area (Å²) in [6.45, 7) is 2.72. The van der Waals surface area contributed by atoms with Crippen LogP contribution >= 0.6 is 0 Å². The Hall–Kier alpha value is -3.41. The molecule has 144 valence electrons. The number of rotatable bonds is 7. The van der Waals surface area contributed by atoms with Crippen LogP contribution in [0.5, 0.6) is 0 Å². The van der Waals surface area contributed by atoms with Crippen molar-refractivity contribution in [3.63, 3.8) is 0 Å². The van der Waals surface area contributed by atoms with Crippen molar-refractivity contribution in [2.75, 3.05) is 6.54 Å². The number of aryl methyl sites for hydroxylation is 2. The van der Waals surface area contributed by atoms with Crippen molar-refractivity contribution in [3.8, 4) is 0 Å². The number of hydrogen-bond acceptors (Lipinski definition) is 3. The van der Waals surface area contributed by atoms with Crippen LogP contribution in [-0.4, -0.2) is 33.0 Å². The van der Waals surface area contributed by atoms with Crippen molar-refractivity contribution in [2.24, 2.45) is 7.05 Å². The second-order valence-electron chi connectivity index (χ2n) is 6.70. The number of benzene rings is 2. The fourth-order valence-corrected chi connectivity index (χ4v) is 3.02. The normalized spacial score (nSPS) is 10.5. The Labute approximate surface area is 164 Å². The first-order valence-electron chi connectivity index (χ1n) is 9.17. The van der Waals surface area contributed by atoms with Gasteiger partial charge in [-0.2, -0.15) is 5.10 Å². The molecule has 0 aliphatic carbocycles. The van der Waals surface area contributed by atoms with Crippen LogP contribution in [0, 0.1) is 6.92 Å². The molecule has 0 radical (unpaired) electrons. The van der Waals surface area contributed by atoms with Crippen molar-refractivity contribution in [1.82, 2.24) is 20.0 Å². The second-order valence-corrected chi connectivity index (χ2v) is 6.70. The Morgan fingerprint density at radius 3 is 1.96 bits per heavy atom. The lowest BCUT2D eigenvalue weighted by atomic mass is 10.1. The Morgan fingerprint density at radius 2 is 1.50 bits per heavy atom. The fraction of sp³-hybridized carbons (Fsp3) is 0.227. The van der Waals surface area contributed by atoms with Crippen molar-refractivity contribution < 1.29 is 9.59 Å². The Kier molecular flexibility index (Phi) is 6.22. The molecule has 0 unspecified atom stereocenters. The van der Waals surface area contributed by atoms with Crippen LogP contribution in [0.1, 0.15) is 27.3 Å². The van der Waals surface area contributed by atoms with Gasteiger partial charge >= 0.3 is 0 Å². The second kappa shape index (κ2) is 8.99. The maximum Gasteiger partial charge on any atom is 0.269 e. The van der Waals surface area contributed by atoms with E-state index in [1.54, 1.807) is 18.0 Å². The molecular weight excluding hydrogens is 352 g/mol. The lowest BCUT2D eigenvalue weighted by molar-refractivity contribution is -0.131. The van der Waals surface area contributed by atoms with E-state index in [2.05, 4.69) is 10.4 Å². The minimum Gasteiger partial charge on any atom is -0.342 e. The molecule has 6 nitrogen and oxygen atoms in total. The molecule has 2 amide bonds. The number of nitrogens with one attached hydrogen (secondary N) is 1. The fourth-order valence-electron chi connectivity index (χ4n) is 3.02. The standard InChI is InChI=1S/C22H24N4O2/c1-17-13-20(25(2)24-17)22(28)23-14-21(27)26(15-18-9-5-3-6-10-18)16-19-11-7-4-8-12-19/h3-13H,14-16H2,1-2H3,(H,23,28). The number of nitrogens with zero attached hydrogens (tertiary/aromatic N) is 3. The molecule has 1 aromatic heterocycles. The predicted molar refractivity (Wildman–Crippen MR) is 107 cm³/mol. The Bertz CT molecular complexity index is 894. The van der Waals surface area contributed by atoms with E-state index in [0.29, 0.717) is 18.8 Å². The average molecular weight is 376 g/mol. The molecule has 0 saturated heterocycles. The van der Waals surface area contributed by atoms with Crippen LogP contribution in [0.3, 0.4) is 0 Å². The molecule has 1 heterocycles. The van der Waals surface area contributed by atoms with Gasteiger partial charge in [0.25, 0.3) is 5.91 Å². The van der Waals surface area contributed by atoms with Gasteiger partial charge in [-0.1, -0.05) is 60.7 Å². The molecular formula is C22H24N4O2. The summed E-state index contributed by atoms with van der Waals surface area (Å²) in [4.78, 5) is 27.0. The van der Waals surface area contributed by atoms with E-state index in [0.717, 1.165) is 16.8 Å². The third kappa shape index (κ3) is 5.07. The summed E-state index contributed by atoms with van der Waals surface area (Å²) in [5.41, 5.74) is 3.28. The number of carbonyl (C=O) groups is 2. The van der Waals surface area contributed by atoms with E-state index in [1.807, 2.05) is 67.6 Å². The summed E-state index contributed by atoms with van der Waals surface area (Å²) < 4.78 is 1.51. The molecule has 0 atom stereocenters. The number of aromatic nitrogens is 2. The third-order valence-corrected chi connectivity index (χ3v) is 4.42. The van der Waals surface area contributed by atoms with Gasteiger partial charge in [-0.3, -0.25) is 14.3 Å². The molecule has 0 saturated carbocycles. The first-order chi connectivity index (χ1) is 13.5. The van der Waals surface area contributed by atoms with Gasteiger partial charge in [-0.25, -0.2) is 0 Å². The quantitative estimate of drug-likeness (QED) is 0.689. The zero-order valence-electron chi connectivity index (χ0n) is 16.1. The summed E-state index contributed by atoms with van der Waals surface area (Å²) in [6.07, 6.45) is 0. The van der Waals surface area contributed by atoms with Crippen molar-refractivity contribution in [2.45, 2.75) is 20.0 Å². The highest BCUT2D eigenvalue weighted by atomic mass is 16.2. The molecule has 0 spiro atoms. The van der Waals surface area contributed by atoms with Crippen molar-refractivity contribution in [3.05, 3.63) is 89.2 Å². The van der Waals surface area contributed by atoms with E-state index >= 15 is 0 Å². The van der Waals surface area contributed by atoms with Gasteiger partial charge < -0.3 is 10.2 Å². The molecule has 3 rings (SSSR count). The highest BCUT2D eigenvalue weighted by Crippen LogP contribution is 2.10. The van der Waals surface area contributed by atoms with Gasteiger partial charge in [0.2, 0.25) is 5.91 Å². The lowest BCUT2D eigenvalue weighted by Gasteiger charge is -2.23. The van der Waals surface area contributed by atoms with Gasteiger partial charge in [-0.15, -0.1) is 0 Å². The van der Waals surface area contributed by atoms with Crippen LogP contribution in [0.25, 0.3) is 0 Å². The highest BCUT2D eigenvalue weighted by molar-refractivity contribution is 5.95. The third-order valence-electron chi connectivity index (χ3n) is 4.42. The Morgan fingerprint density at radius 1 is 0.964 bits per heavy atom. The molecule has 6 heteroatoms. The molecule has 3 aromatic rings. The van der Waals surface area contributed by atoms with E-state index < -0.39 is 0 Å². The maximum atomic E-state index is 12.9. The highest BCUT2D eigenvalue weighted by Gasteiger charge is 2.18. The van der Waals surface area contributed by atoms with Crippen LogP contribution in [0.15, 0.2) is 66.7 Å². The molecule has 1 N–H and O–H groups in total. The summed E-state index contributed by atoms with van der Waals surface area (Å²) in [5.74, 6) is -0.448. The summed E-state index contributed by atoms with van der Waals surface area (Å²) in [7, 11) is 1.71. The van der Waals surface area contributed by atoms with Gasteiger partial charge in [0, 0.05) is 20.1 Å². The monoisotopic (exact) mass is 376 g/mol. The van der Waals surface area contributed by atoms with Gasteiger partial charge in [-0.05, 0) is 24.1 Å². The van der Waals surface area contributed by atoms with E-state index in [4.69, 9.17) is 0 Å². The maximum absolute atomic E-state index is 12.9. The van der Waals surface area contributed by atoms with E-state index in [9.17, 15) is 9.59 Å². The van der Waals surface area contributed by atoms with Gasteiger partial charge in [0.05, 0.1) is 12.2 Å². The molecule has 28 heavy (non-hydrogen) atoms. The number of carbonyl (C=O) groups excluding carboxylic acids is 2. The summed E-state index contributed by atoms with van der Waals surface area (Å²) in [6, 6.07) is 21.4. The zero-order valence-corrected chi connectivity index (χ0v) is 16.1. The molecule has 0 bridgehead atoms. The average Bonchev–Trinajstić information content (AvgIpc) is 3.05. The first kappa shape index (κ1) is 19.4. The SMILES string of the molecule is Cc1cc(C(=O)NCC(=O)N(Cc2ccccc2)Cc2ccccc2)n(C)n1. The summed E-state index contributed by atoms with van der Waals surface area (Å²) >= 11 is 0. The lowest BCUT2D eigenvalue weighted by Crippen LogP contribution is -2.40. The minimum absolute atomic E-state index is 0.0667. The zero-order chi connectivity index (χ0) is 19.9. The van der Waals surface area contributed by atoms with Gasteiger partial charge in [0.15, 0.2) is 0 Å². The van der Waals surface area contributed by atoms with E-state index in [-0.39, 0.29) is 18.4 Å². The molecule has 0 aliphatic rings. The van der Waals surface area contributed by atoms with Crippen molar-refractivity contribution >= 4 is 11.8 Å². The van der Waals surface area contributed by atoms with E-state index in [1.165, 1.54) is 4.68 Å². The van der Waals surface area contributed by atoms with Crippen molar-refractivity contribution in [1.29, 1.82) is 0 Å². The first-order valence-corrected chi connectivity index (χ1v) is 9.17. The van der Waals surface area contributed by atoms with Crippen LogP contribution in [-0.2, 0) is 24.9 Å². The number of amides is 2. The molecule has 2 aromatic carbocycles. The number of hydrogen-bond donors (Lipinski definition) is 1. The van der Waals surface area contributed by atoms with Gasteiger partial charge in [0.1, 0.15) is 5.69 Å². The smallest absolute Gasteiger partial charge is 0.269 e. The van der Waals surface area contributed by atoms with Crippen LogP contribution in [0.2, 0.25) is 0 Å². The Balaban J connectivity index is 1.68. The summed E-state index contributed by atoms with van der Waals surface area (Å²) in [5, 5.41) is 6.88. The predicted octanol–water partition coefficient (Wildman–Crippen LogP) is 2.69. The molecule has 0 fully saturated rings. The molecule has 0 aliphatic heterocycles. The van der Waals surface area contributed by atoms with Crippen LogP contribution in [0.4, 0.5) is 0 Å². The minimum atomic E-state index is -0.309. The largest absolute Gasteiger partial charge is 0.342 e. The van der Waals surface area contributed by atoms with Crippen LogP contribution < -0.4 is 5.32 Å². The topological polar surface area (TPSA) is 67.2 Å².